The van der Waals surface area contributed by atoms with Gasteiger partial charge in [-0.15, -0.1) is 15.3 Å². The highest BCUT2D eigenvalue weighted by Gasteiger charge is 2.32. The van der Waals surface area contributed by atoms with Crippen LogP contribution in [0, 0.1) is 10.1 Å². The second kappa shape index (κ2) is 14.4. The Labute approximate surface area is 251 Å². The topological polar surface area (TPSA) is 178 Å². The van der Waals surface area contributed by atoms with E-state index in [0.29, 0.717) is 52.3 Å². The van der Waals surface area contributed by atoms with Crippen LogP contribution in [0.4, 0.5) is 34.1 Å². The van der Waals surface area contributed by atoms with Crippen LogP contribution in [-0.2, 0) is 19.2 Å². The van der Waals surface area contributed by atoms with Crippen LogP contribution in [0.15, 0.2) is 81.1 Å². The number of rotatable bonds is 13. The monoisotopic (exact) mass is 603 g/mol. The molecule has 0 N–H and O–H groups in total. The number of hydroxylamine groups is 2. The molecule has 0 atom stereocenters. The molecular formula is C29H29N7O8. The minimum absolute atomic E-state index is 0.0487. The van der Waals surface area contributed by atoms with Crippen molar-refractivity contribution in [1.82, 2.24) is 5.06 Å². The first-order chi connectivity index (χ1) is 21.2. The van der Waals surface area contributed by atoms with Gasteiger partial charge in [0.1, 0.15) is 22.9 Å². The molecule has 1 aliphatic rings. The standard InChI is InChI=1S/C29H29N7O8/c1-34(16-4-5-29(39)44-35-27(37)14-15-28(35)38)21-10-6-19(7-11-21)30-32-23-17-26(43-3)24(18-25(23)42-2)33-31-20-8-12-22(13-9-20)36(40)41/h6-13,17-18H,4-5,14-16H2,1-3H3. The van der Waals surface area contributed by atoms with Crippen LogP contribution in [0.3, 0.4) is 0 Å². The van der Waals surface area contributed by atoms with E-state index in [9.17, 15) is 24.5 Å². The molecule has 15 nitrogen and oxygen atoms in total. The van der Waals surface area contributed by atoms with Crippen molar-refractivity contribution in [2.24, 2.45) is 20.5 Å². The Hall–Kier alpha value is -5.73. The molecule has 2 amide bonds. The van der Waals surface area contributed by atoms with Crippen LogP contribution < -0.4 is 14.4 Å². The molecule has 15 heteroatoms. The first-order valence-corrected chi connectivity index (χ1v) is 13.4. The highest BCUT2D eigenvalue weighted by atomic mass is 16.7. The summed E-state index contributed by atoms with van der Waals surface area (Å²) >= 11 is 0. The van der Waals surface area contributed by atoms with Crippen molar-refractivity contribution in [3.63, 3.8) is 0 Å². The van der Waals surface area contributed by atoms with Crippen LogP contribution in [0.5, 0.6) is 11.5 Å². The lowest BCUT2D eigenvalue weighted by Gasteiger charge is -2.19. The van der Waals surface area contributed by atoms with E-state index < -0.39 is 22.7 Å². The maximum atomic E-state index is 12.0. The maximum absolute atomic E-state index is 12.0. The number of non-ortho nitro benzene ring substituents is 1. The van der Waals surface area contributed by atoms with Gasteiger partial charge in [-0.25, -0.2) is 4.79 Å². The third-order valence-electron chi connectivity index (χ3n) is 6.45. The Kier molecular flexibility index (Phi) is 10.2. The number of imide groups is 1. The van der Waals surface area contributed by atoms with Gasteiger partial charge in [-0.2, -0.15) is 10.2 Å². The van der Waals surface area contributed by atoms with Crippen molar-refractivity contribution < 1.29 is 33.6 Å². The van der Waals surface area contributed by atoms with Gasteiger partial charge in [0.15, 0.2) is 0 Å². The lowest BCUT2D eigenvalue weighted by Crippen LogP contribution is -2.32. The number of nitrogens with zero attached hydrogens (tertiary/aromatic N) is 7. The quantitative estimate of drug-likeness (QED) is 0.0942. The second-order valence-corrected chi connectivity index (χ2v) is 9.46. The van der Waals surface area contributed by atoms with E-state index in [1.807, 2.05) is 24.1 Å². The van der Waals surface area contributed by atoms with E-state index in [4.69, 9.17) is 14.3 Å². The summed E-state index contributed by atoms with van der Waals surface area (Å²) in [4.78, 5) is 52.4. The summed E-state index contributed by atoms with van der Waals surface area (Å²) in [6, 6.07) is 16.1. The normalized spacial score (nSPS) is 13.1. The van der Waals surface area contributed by atoms with Gasteiger partial charge in [-0.05, 0) is 42.8 Å². The van der Waals surface area contributed by atoms with E-state index in [0.717, 1.165) is 5.69 Å². The van der Waals surface area contributed by atoms with Gasteiger partial charge in [0.2, 0.25) is 0 Å². The third-order valence-corrected chi connectivity index (χ3v) is 6.45. The van der Waals surface area contributed by atoms with Crippen LogP contribution in [0.2, 0.25) is 0 Å². The zero-order chi connectivity index (χ0) is 31.6. The van der Waals surface area contributed by atoms with Crippen LogP contribution >= 0.6 is 0 Å². The number of nitro benzene ring substituents is 1. The number of nitro groups is 1. The summed E-state index contributed by atoms with van der Waals surface area (Å²) in [6.07, 6.45) is 0.617. The molecule has 1 aliphatic heterocycles. The Morgan fingerprint density at radius 2 is 1.36 bits per heavy atom. The fraction of sp³-hybridized carbons (Fsp3) is 0.276. The van der Waals surface area contributed by atoms with Crippen molar-refractivity contribution in [1.29, 1.82) is 0 Å². The lowest BCUT2D eigenvalue weighted by molar-refractivity contribution is -0.384. The van der Waals surface area contributed by atoms with E-state index in [1.54, 1.807) is 24.3 Å². The Bertz CT molecular complexity index is 1570. The smallest absolute Gasteiger partial charge is 0.333 e. The number of methoxy groups -OCH3 is 2. The number of carbonyl (C=O) groups excluding carboxylic acids is 3. The first-order valence-electron chi connectivity index (χ1n) is 13.4. The molecule has 1 saturated heterocycles. The molecule has 1 heterocycles. The third kappa shape index (κ3) is 7.96. The Balaban J connectivity index is 1.35. The summed E-state index contributed by atoms with van der Waals surface area (Å²) in [5.74, 6) is -0.901. The molecule has 3 aromatic carbocycles. The lowest BCUT2D eigenvalue weighted by atomic mass is 10.2. The molecule has 0 unspecified atom stereocenters. The minimum atomic E-state index is -0.634. The number of benzene rings is 3. The maximum Gasteiger partial charge on any atom is 0.333 e. The molecule has 0 radical (unpaired) electrons. The molecule has 3 aromatic rings. The average Bonchev–Trinajstić information content (AvgIpc) is 3.34. The van der Waals surface area contributed by atoms with E-state index in [2.05, 4.69) is 20.5 Å². The van der Waals surface area contributed by atoms with Crippen molar-refractivity contribution in [3.05, 3.63) is 70.8 Å². The van der Waals surface area contributed by atoms with E-state index in [-0.39, 0.29) is 24.9 Å². The number of amides is 2. The molecule has 0 aliphatic carbocycles. The molecular weight excluding hydrogens is 574 g/mol. The molecule has 0 spiro atoms. The summed E-state index contributed by atoms with van der Waals surface area (Å²) in [5.41, 5.74) is 2.58. The highest BCUT2D eigenvalue weighted by molar-refractivity contribution is 6.01. The number of hydrogen-bond donors (Lipinski definition) is 0. The van der Waals surface area contributed by atoms with Gasteiger partial charge in [-0.3, -0.25) is 19.7 Å². The number of carbonyl (C=O) groups is 3. The van der Waals surface area contributed by atoms with Gasteiger partial charge in [-0.1, -0.05) is 0 Å². The van der Waals surface area contributed by atoms with Crippen LogP contribution in [-0.4, -0.2) is 55.6 Å². The first kappa shape index (κ1) is 31.2. The zero-order valence-electron chi connectivity index (χ0n) is 24.2. The predicted molar refractivity (Wildman–Crippen MR) is 157 cm³/mol. The van der Waals surface area contributed by atoms with Gasteiger partial charge in [0.25, 0.3) is 17.5 Å². The van der Waals surface area contributed by atoms with Gasteiger partial charge < -0.3 is 19.2 Å². The van der Waals surface area contributed by atoms with Gasteiger partial charge in [0, 0.05) is 62.8 Å². The fourth-order valence-corrected chi connectivity index (χ4v) is 4.05. The molecule has 1 fully saturated rings. The Morgan fingerprint density at radius 3 is 1.84 bits per heavy atom. The van der Waals surface area contributed by atoms with Crippen LogP contribution in [0.1, 0.15) is 25.7 Å². The van der Waals surface area contributed by atoms with Crippen LogP contribution in [0.25, 0.3) is 0 Å². The van der Waals surface area contributed by atoms with Crippen molar-refractivity contribution in [2.45, 2.75) is 25.7 Å². The molecule has 0 bridgehead atoms. The highest BCUT2D eigenvalue weighted by Crippen LogP contribution is 2.41. The summed E-state index contributed by atoms with van der Waals surface area (Å²) in [7, 11) is 4.82. The summed E-state index contributed by atoms with van der Waals surface area (Å²) < 4.78 is 10.9. The zero-order valence-corrected chi connectivity index (χ0v) is 24.2. The Morgan fingerprint density at radius 1 is 0.864 bits per heavy atom. The molecule has 0 aromatic heterocycles. The number of azo groups is 2. The largest absolute Gasteiger partial charge is 0.494 e. The predicted octanol–water partition coefficient (Wildman–Crippen LogP) is 6.27. The second-order valence-electron chi connectivity index (χ2n) is 9.46. The molecule has 228 valence electrons. The van der Waals surface area contributed by atoms with Gasteiger partial charge >= 0.3 is 5.97 Å². The molecule has 4 rings (SSSR count). The number of hydrogen-bond acceptors (Lipinski definition) is 13. The number of anilines is 1. The van der Waals surface area contributed by atoms with E-state index in [1.165, 1.54) is 38.5 Å². The van der Waals surface area contributed by atoms with Crippen molar-refractivity contribution in [3.8, 4) is 11.5 Å². The summed E-state index contributed by atoms with van der Waals surface area (Å²) in [6.45, 7) is 0.530. The van der Waals surface area contributed by atoms with Crippen molar-refractivity contribution >= 4 is 51.9 Å². The molecule has 0 saturated carbocycles. The number of ether oxygens (including phenoxy) is 2. The van der Waals surface area contributed by atoms with E-state index >= 15 is 0 Å². The van der Waals surface area contributed by atoms with Crippen molar-refractivity contribution in [2.75, 3.05) is 32.7 Å². The minimum Gasteiger partial charge on any atom is -0.494 e. The average molecular weight is 604 g/mol. The fourth-order valence-electron chi connectivity index (χ4n) is 4.05. The molecule has 44 heavy (non-hydrogen) atoms. The summed E-state index contributed by atoms with van der Waals surface area (Å²) in [5, 5.41) is 28.3. The van der Waals surface area contributed by atoms with Gasteiger partial charge in [0.05, 0.1) is 30.5 Å². The SMILES string of the molecule is COc1cc(N=Nc2ccc([N+](=O)[O-])cc2)c(OC)cc1N=Nc1ccc(N(C)CCCC(=O)ON2C(=O)CCC2=O)cc1.